The Bertz CT molecular complexity index is 374. The van der Waals surface area contributed by atoms with Gasteiger partial charge in [0.25, 0.3) is 0 Å². The third-order valence-electron chi connectivity index (χ3n) is 1.54. The van der Waals surface area contributed by atoms with E-state index in [0.717, 1.165) is 12.1 Å². The number of hydrogen-bond donors (Lipinski definition) is 0. The first-order chi connectivity index (χ1) is 6.54. The van der Waals surface area contributed by atoms with Crippen molar-refractivity contribution in [3.05, 3.63) is 35.1 Å². The molecule has 14 heavy (non-hydrogen) atoms. The van der Waals surface area contributed by atoms with Crippen LogP contribution >= 0.6 is 0 Å². The minimum Gasteiger partial charge on any atom is -0.298 e. The molecule has 0 fully saturated rings. The molecule has 0 radical (unpaired) electrons. The number of benzene rings is 1. The van der Waals surface area contributed by atoms with Crippen LogP contribution in [0.2, 0.25) is 0 Å². The van der Waals surface area contributed by atoms with Gasteiger partial charge in [-0.15, -0.1) is 0 Å². The molecule has 0 N–H and O–H groups in total. The Morgan fingerprint density at radius 3 is 2.43 bits per heavy atom. The Morgan fingerprint density at radius 2 is 1.93 bits per heavy atom. The lowest BCUT2D eigenvalue weighted by molar-refractivity contribution is 0.0678. The highest BCUT2D eigenvalue weighted by atomic mass is 19.3. The molecule has 74 valence electrons. The Labute approximate surface area is 77.3 Å². The number of carbonyl (C=O) groups is 2. The normalized spacial score (nSPS) is 10.3. The zero-order valence-electron chi connectivity index (χ0n) is 6.84. The van der Waals surface area contributed by atoms with Crippen LogP contribution in [0.25, 0.3) is 0 Å². The van der Waals surface area contributed by atoms with E-state index in [1.165, 1.54) is 0 Å². The highest BCUT2D eigenvalue weighted by molar-refractivity contribution is 5.99. The van der Waals surface area contributed by atoms with Crippen LogP contribution in [-0.4, -0.2) is 18.5 Å². The van der Waals surface area contributed by atoms with Crippen molar-refractivity contribution < 1.29 is 22.8 Å². The number of carbonyl (C=O) groups excluding carboxylic acids is 2. The van der Waals surface area contributed by atoms with Crippen LogP contribution in [0.4, 0.5) is 13.2 Å². The van der Waals surface area contributed by atoms with E-state index in [0.29, 0.717) is 6.07 Å². The first-order valence-corrected chi connectivity index (χ1v) is 3.62. The smallest absolute Gasteiger partial charge is 0.298 e. The molecule has 0 heterocycles. The van der Waals surface area contributed by atoms with Crippen molar-refractivity contribution in [2.24, 2.45) is 0 Å². The second kappa shape index (κ2) is 4.04. The van der Waals surface area contributed by atoms with Gasteiger partial charge in [0.15, 0.2) is 0 Å². The first-order valence-electron chi connectivity index (χ1n) is 3.62. The van der Waals surface area contributed by atoms with Gasteiger partial charge in [0.05, 0.1) is 0 Å². The number of aldehydes is 1. The van der Waals surface area contributed by atoms with Gasteiger partial charge in [-0.25, -0.2) is 13.2 Å². The highest BCUT2D eigenvalue weighted by Gasteiger charge is 2.18. The Balaban J connectivity index is 3.15. The van der Waals surface area contributed by atoms with Crippen LogP contribution in [0, 0.1) is 5.82 Å². The fraction of sp³-hybridized carbons (Fsp3) is 0.111. The molecule has 0 aromatic heterocycles. The van der Waals surface area contributed by atoms with Crippen molar-refractivity contribution in [2.45, 2.75) is 6.43 Å². The highest BCUT2D eigenvalue weighted by Crippen LogP contribution is 2.12. The van der Waals surface area contributed by atoms with Gasteiger partial charge < -0.3 is 0 Å². The van der Waals surface area contributed by atoms with Crippen molar-refractivity contribution in [1.29, 1.82) is 0 Å². The van der Waals surface area contributed by atoms with E-state index < -0.39 is 23.6 Å². The summed E-state index contributed by atoms with van der Waals surface area (Å²) in [6, 6.07) is 2.45. The molecule has 0 saturated carbocycles. The van der Waals surface area contributed by atoms with Crippen molar-refractivity contribution in [3.8, 4) is 0 Å². The Morgan fingerprint density at radius 1 is 1.29 bits per heavy atom. The summed E-state index contributed by atoms with van der Waals surface area (Å²) in [5, 5.41) is 0. The van der Waals surface area contributed by atoms with Crippen LogP contribution in [0.1, 0.15) is 20.7 Å². The number of rotatable bonds is 3. The molecule has 1 aromatic rings. The van der Waals surface area contributed by atoms with Gasteiger partial charge in [0.2, 0.25) is 5.78 Å². The minimum absolute atomic E-state index is 0.144. The van der Waals surface area contributed by atoms with E-state index >= 15 is 0 Å². The summed E-state index contributed by atoms with van der Waals surface area (Å²) in [6.45, 7) is 0. The monoisotopic (exact) mass is 202 g/mol. The molecule has 0 aliphatic carbocycles. The third-order valence-corrected chi connectivity index (χ3v) is 1.54. The molecule has 0 spiro atoms. The number of halogens is 3. The lowest BCUT2D eigenvalue weighted by Crippen LogP contribution is -2.10. The topological polar surface area (TPSA) is 34.1 Å². The Kier molecular flexibility index (Phi) is 3.01. The zero-order valence-corrected chi connectivity index (χ0v) is 6.84. The van der Waals surface area contributed by atoms with Gasteiger partial charge >= 0.3 is 6.43 Å². The second-order valence-corrected chi connectivity index (χ2v) is 2.56. The molecule has 0 aliphatic heterocycles. The summed E-state index contributed by atoms with van der Waals surface area (Å²) in [5.41, 5.74) is -0.642. The van der Waals surface area contributed by atoms with Gasteiger partial charge in [-0.3, -0.25) is 9.59 Å². The van der Waals surface area contributed by atoms with Crippen molar-refractivity contribution in [3.63, 3.8) is 0 Å². The maximum atomic E-state index is 12.7. The van der Waals surface area contributed by atoms with Gasteiger partial charge in [-0.2, -0.15) is 0 Å². The molecule has 2 nitrogen and oxygen atoms in total. The van der Waals surface area contributed by atoms with Gasteiger partial charge in [-0.05, 0) is 18.2 Å². The number of ketones is 1. The first kappa shape index (κ1) is 10.4. The molecule has 1 aromatic carbocycles. The summed E-state index contributed by atoms with van der Waals surface area (Å²) in [6.07, 6.45) is -2.91. The van der Waals surface area contributed by atoms with E-state index in [2.05, 4.69) is 0 Å². The van der Waals surface area contributed by atoms with Crippen LogP contribution in [0.5, 0.6) is 0 Å². The van der Waals surface area contributed by atoms with Crippen LogP contribution in [-0.2, 0) is 0 Å². The SMILES string of the molecule is O=Cc1cc(F)cc(C(=O)C(F)F)c1. The summed E-state index contributed by atoms with van der Waals surface area (Å²) >= 11 is 0. The van der Waals surface area contributed by atoms with Gasteiger partial charge in [0, 0.05) is 11.1 Å². The van der Waals surface area contributed by atoms with Gasteiger partial charge in [0.1, 0.15) is 12.1 Å². The largest absolute Gasteiger partial charge is 0.300 e. The zero-order chi connectivity index (χ0) is 10.7. The van der Waals surface area contributed by atoms with E-state index in [1.54, 1.807) is 0 Å². The second-order valence-electron chi connectivity index (χ2n) is 2.56. The molecule has 0 amide bonds. The summed E-state index contributed by atoms with van der Waals surface area (Å²) < 4.78 is 36.5. The van der Waals surface area contributed by atoms with E-state index in [9.17, 15) is 22.8 Å². The summed E-state index contributed by atoms with van der Waals surface area (Å²) in [4.78, 5) is 21.0. The standard InChI is InChI=1S/C9H5F3O2/c10-7-2-5(4-13)1-6(3-7)8(14)9(11)12/h1-4,9H. The molecule has 0 saturated heterocycles. The van der Waals surface area contributed by atoms with Gasteiger partial charge in [-0.1, -0.05) is 0 Å². The lowest BCUT2D eigenvalue weighted by atomic mass is 10.1. The molecule has 0 atom stereocenters. The van der Waals surface area contributed by atoms with E-state index in [1.807, 2.05) is 0 Å². The van der Waals surface area contributed by atoms with Crippen LogP contribution in [0.3, 0.4) is 0 Å². The van der Waals surface area contributed by atoms with Crippen molar-refractivity contribution in [2.75, 3.05) is 0 Å². The summed E-state index contributed by atoms with van der Waals surface area (Å²) in [5.74, 6) is -2.38. The van der Waals surface area contributed by atoms with Crippen molar-refractivity contribution in [1.82, 2.24) is 0 Å². The quantitative estimate of drug-likeness (QED) is 0.555. The molecule has 0 aliphatic rings. The number of Topliss-reactive ketones (excluding diaryl/α,β-unsaturated/α-hetero) is 1. The third kappa shape index (κ3) is 2.18. The fourth-order valence-corrected chi connectivity index (χ4v) is 0.949. The number of alkyl halides is 2. The molecule has 0 bridgehead atoms. The Hall–Kier alpha value is -1.65. The van der Waals surface area contributed by atoms with Crippen molar-refractivity contribution >= 4 is 12.1 Å². The molecule has 0 unspecified atom stereocenters. The molecule has 5 heteroatoms. The predicted molar refractivity (Wildman–Crippen MR) is 42.1 cm³/mol. The number of hydrogen-bond acceptors (Lipinski definition) is 2. The summed E-state index contributed by atoms with van der Waals surface area (Å²) in [7, 11) is 0. The molecular formula is C9H5F3O2. The van der Waals surface area contributed by atoms with E-state index in [4.69, 9.17) is 0 Å². The average Bonchev–Trinajstić information content (AvgIpc) is 2.15. The van der Waals surface area contributed by atoms with Crippen LogP contribution in [0.15, 0.2) is 18.2 Å². The molecule has 1 rings (SSSR count). The average molecular weight is 202 g/mol. The van der Waals surface area contributed by atoms with E-state index in [-0.39, 0.29) is 11.8 Å². The molecular weight excluding hydrogens is 197 g/mol. The lowest BCUT2D eigenvalue weighted by Gasteiger charge is -2.00. The maximum absolute atomic E-state index is 12.7. The minimum atomic E-state index is -3.20. The maximum Gasteiger partial charge on any atom is 0.300 e. The fourth-order valence-electron chi connectivity index (χ4n) is 0.949. The predicted octanol–water partition coefficient (Wildman–Crippen LogP) is 2.09. The van der Waals surface area contributed by atoms with Crippen LogP contribution < -0.4 is 0 Å².